The Morgan fingerprint density at radius 3 is 2.44 bits per heavy atom. The number of alkyl halides is 3. The lowest BCUT2D eigenvalue weighted by Crippen LogP contribution is -2.39. The Hall–Kier alpha value is -4.43. The van der Waals surface area contributed by atoms with E-state index in [0.29, 0.717) is 34.8 Å². The maximum Gasteiger partial charge on any atom is 0.416 e. The summed E-state index contributed by atoms with van der Waals surface area (Å²) in [5, 5.41) is 6.58. The van der Waals surface area contributed by atoms with Gasteiger partial charge in [-0.2, -0.15) is 18.3 Å². The molecule has 3 aromatic carbocycles. The number of carbonyl (C=O) groups excluding carboxylic acids is 2. The zero-order valence-electron chi connectivity index (χ0n) is 22.8. The van der Waals surface area contributed by atoms with E-state index in [1.165, 1.54) is 36.5 Å². The first kappa shape index (κ1) is 31.5. The van der Waals surface area contributed by atoms with E-state index < -0.39 is 34.2 Å². The average molecular weight is 619 g/mol. The summed E-state index contributed by atoms with van der Waals surface area (Å²) in [4.78, 5) is 24.5. The highest BCUT2D eigenvalue weighted by Crippen LogP contribution is 2.33. The maximum atomic E-state index is 13.3. The van der Waals surface area contributed by atoms with Crippen LogP contribution in [0.1, 0.15) is 24.0 Å². The van der Waals surface area contributed by atoms with Crippen LogP contribution in [0.25, 0.3) is 0 Å². The molecule has 43 heavy (non-hydrogen) atoms. The lowest BCUT2D eigenvalue weighted by atomic mass is 10.2. The lowest BCUT2D eigenvalue weighted by molar-refractivity contribution is -0.137. The van der Waals surface area contributed by atoms with Crippen molar-refractivity contribution >= 4 is 33.7 Å². The van der Waals surface area contributed by atoms with Crippen LogP contribution in [0.3, 0.4) is 0 Å². The van der Waals surface area contributed by atoms with Gasteiger partial charge in [0.2, 0.25) is 0 Å². The van der Waals surface area contributed by atoms with Crippen molar-refractivity contribution in [1.82, 2.24) is 10.7 Å². The molecule has 0 aromatic heterocycles. The van der Waals surface area contributed by atoms with Gasteiger partial charge < -0.3 is 14.8 Å². The monoisotopic (exact) mass is 618 g/mol. The number of hydrogen-bond donors (Lipinski definition) is 2. The largest absolute Gasteiger partial charge is 0.484 e. The van der Waals surface area contributed by atoms with Gasteiger partial charge in [0.05, 0.1) is 28.5 Å². The molecule has 1 atom stereocenters. The third kappa shape index (κ3) is 9.03. The van der Waals surface area contributed by atoms with Gasteiger partial charge in [-0.25, -0.2) is 13.8 Å². The van der Waals surface area contributed by atoms with Crippen LogP contribution in [0.15, 0.2) is 88.9 Å². The second-order valence-electron chi connectivity index (χ2n) is 9.46. The van der Waals surface area contributed by atoms with Gasteiger partial charge in [-0.1, -0.05) is 24.3 Å². The van der Waals surface area contributed by atoms with Crippen molar-refractivity contribution in [2.24, 2.45) is 5.10 Å². The van der Waals surface area contributed by atoms with Gasteiger partial charge in [-0.3, -0.25) is 13.9 Å². The topological polar surface area (TPSA) is 126 Å². The van der Waals surface area contributed by atoms with Crippen molar-refractivity contribution < 1.29 is 40.7 Å². The van der Waals surface area contributed by atoms with E-state index in [0.717, 1.165) is 25.0 Å². The van der Waals surface area contributed by atoms with Crippen molar-refractivity contribution in [2.45, 2.75) is 30.0 Å². The highest BCUT2D eigenvalue weighted by molar-refractivity contribution is 7.92. The van der Waals surface area contributed by atoms with E-state index in [4.69, 9.17) is 9.47 Å². The van der Waals surface area contributed by atoms with Gasteiger partial charge in [0.1, 0.15) is 12.3 Å². The van der Waals surface area contributed by atoms with E-state index in [9.17, 15) is 31.2 Å². The van der Waals surface area contributed by atoms with E-state index in [1.807, 2.05) is 0 Å². The Bertz CT molecular complexity index is 1530. The predicted octanol–water partition coefficient (Wildman–Crippen LogP) is 3.73. The number of amides is 2. The van der Waals surface area contributed by atoms with E-state index in [2.05, 4.69) is 15.8 Å². The molecule has 0 spiro atoms. The molecule has 2 amide bonds. The summed E-state index contributed by atoms with van der Waals surface area (Å²) >= 11 is 0. The standard InChI is InChI=1S/C29H29F3N4O6S/c30-29(31,32)22-6-4-7-23(16-22)36(43(39,40)26-9-2-1-3-10-26)19-27(37)35-34-17-21-11-13-24(14-12-21)42-20-28(38)33-18-25-8-5-15-41-25/h1-4,6-7,9-14,16-17,25H,5,8,15,18-20H2,(H,33,38)(H,35,37)/b34-17-/t25-/m1/s1. The summed E-state index contributed by atoms with van der Waals surface area (Å²) < 4.78 is 78.2. The molecule has 0 saturated carbocycles. The molecule has 3 aromatic rings. The van der Waals surface area contributed by atoms with Crippen LogP contribution in [-0.4, -0.2) is 58.9 Å². The summed E-state index contributed by atoms with van der Waals surface area (Å²) in [6.45, 7) is 0.117. The van der Waals surface area contributed by atoms with Crippen molar-refractivity contribution in [2.75, 3.05) is 30.6 Å². The Morgan fingerprint density at radius 1 is 1.02 bits per heavy atom. The third-order valence-electron chi connectivity index (χ3n) is 6.28. The van der Waals surface area contributed by atoms with Crippen LogP contribution >= 0.6 is 0 Å². The number of anilines is 1. The van der Waals surface area contributed by atoms with Gasteiger partial charge in [0.15, 0.2) is 6.61 Å². The number of hydrogen-bond acceptors (Lipinski definition) is 7. The van der Waals surface area contributed by atoms with Crippen LogP contribution < -0.4 is 19.8 Å². The molecule has 1 heterocycles. The summed E-state index contributed by atoms with van der Waals surface area (Å²) in [6, 6.07) is 17.2. The highest BCUT2D eigenvalue weighted by atomic mass is 32.2. The average Bonchev–Trinajstić information content (AvgIpc) is 3.52. The SMILES string of the molecule is O=C(COc1ccc(/C=N\NC(=O)CN(c2cccc(C(F)(F)F)c2)S(=O)(=O)c2ccccc2)cc1)NC[C@H]1CCCO1. The smallest absolute Gasteiger partial charge is 0.416 e. The van der Waals surface area contributed by atoms with Gasteiger partial charge in [0, 0.05) is 13.2 Å². The summed E-state index contributed by atoms with van der Waals surface area (Å²) in [5.41, 5.74) is 1.34. The first-order valence-corrected chi connectivity index (χ1v) is 14.6. The van der Waals surface area contributed by atoms with Crippen LogP contribution in [0.4, 0.5) is 18.9 Å². The molecule has 2 N–H and O–H groups in total. The Balaban J connectivity index is 1.36. The Kier molecular flexibility index (Phi) is 10.4. The molecule has 0 unspecified atom stereocenters. The van der Waals surface area contributed by atoms with Gasteiger partial charge in [-0.15, -0.1) is 0 Å². The fraction of sp³-hybridized carbons (Fsp3) is 0.276. The molecular weight excluding hydrogens is 589 g/mol. The van der Waals surface area contributed by atoms with Gasteiger partial charge >= 0.3 is 6.18 Å². The quantitative estimate of drug-likeness (QED) is 0.235. The van der Waals surface area contributed by atoms with Crippen LogP contribution in [0, 0.1) is 0 Å². The fourth-order valence-electron chi connectivity index (χ4n) is 4.10. The second kappa shape index (κ2) is 14.2. The van der Waals surface area contributed by atoms with E-state index in [1.54, 1.807) is 30.3 Å². The summed E-state index contributed by atoms with van der Waals surface area (Å²) in [7, 11) is -4.41. The molecule has 1 aliphatic heterocycles. The molecule has 228 valence electrons. The lowest BCUT2D eigenvalue weighted by Gasteiger charge is -2.24. The molecule has 0 radical (unpaired) electrons. The number of nitrogens with one attached hydrogen (secondary N) is 2. The van der Waals surface area contributed by atoms with Crippen LogP contribution in [0.2, 0.25) is 0 Å². The number of ether oxygens (including phenoxy) is 2. The number of benzene rings is 3. The minimum atomic E-state index is -4.72. The van der Waals surface area contributed by atoms with Crippen molar-refractivity contribution in [3.63, 3.8) is 0 Å². The molecule has 14 heteroatoms. The summed E-state index contributed by atoms with van der Waals surface area (Å²) in [5.74, 6) is -0.740. The number of halogens is 3. The zero-order chi connectivity index (χ0) is 30.9. The van der Waals surface area contributed by atoms with Crippen molar-refractivity contribution in [3.8, 4) is 5.75 Å². The second-order valence-corrected chi connectivity index (χ2v) is 11.3. The molecule has 0 aliphatic carbocycles. The fourth-order valence-corrected chi connectivity index (χ4v) is 5.53. The molecule has 1 fully saturated rings. The third-order valence-corrected chi connectivity index (χ3v) is 8.07. The van der Waals surface area contributed by atoms with Gasteiger partial charge in [0.25, 0.3) is 21.8 Å². The normalized spacial score (nSPS) is 15.3. The Labute approximate surface area is 246 Å². The number of rotatable bonds is 12. The minimum Gasteiger partial charge on any atom is -0.484 e. The molecular formula is C29H29F3N4O6S. The molecule has 1 saturated heterocycles. The predicted molar refractivity (Wildman–Crippen MR) is 152 cm³/mol. The summed E-state index contributed by atoms with van der Waals surface area (Å²) in [6.07, 6.45) is -1.52. The first-order valence-electron chi connectivity index (χ1n) is 13.2. The molecule has 10 nitrogen and oxygen atoms in total. The van der Waals surface area contributed by atoms with Crippen LogP contribution in [-0.2, 0) is 30.5 Å². The highest BCUT2D eigenvalue weighted by Gasteiger charge is 2.33. The van der Waals surface area contributed by atoms with E-state index in [-0.39, 0.29) is 29.2 Å². The number of hydrazone groups is 1. The van der Waals surface area contributed by atoms with Gasteiger partial charge in [-0.05, 0) is 73.0 Å². The molecule has 0 bridgehead atoms. The maximum absolute atomic E-state index is 13.3. The van der Waals surface area contributed by atoms with Crippen LogP contribution in [0.5, 0.6) is 5.75 Å². The Morgan fingerprint density at radius 2 is 1.77 bits per heavy atom. The number of nitrogens with zero attached hydrogens (tertiary/aromatic N) is 2. The molecule has 4 rings (SSSR count). The van der Waals surface area contributed by atoms with Crippen molar-refractivity contribution in [1.29, 1.82) is 0 Å². The molecule has 1 aliphatic rings. The zero-order valence-corrected chi connectivity index (χ0v) is 23.6. The first-order chi connectivity index (χ1) is 20.5. The number of carbonyl (C=O) groups is 2. The van der Waals surface area contributed by atoms with Crippen molar-refractivity contribution in [3.05, 3.63) is 90.0 Å². The number of sulfonamides is 1. The minimum absolute atomic E-state index is 0.0277. The van der Waals surface area contributed by atoms with E-state index >= 15 is 0 Å².